The van der Waals surface area contributed by atoms with Crippen molar-refractivity contribution in [2.24, 2.45) is 5.92 Å². The summed E-state index contributed by atoms with van der Waals surface area (Å²) in [6, 6.07) is 3.51. The summed E-state index contributed by atoms with van der Waals surface area (Å²) >= 11 is 0. The second-order valence-electron chi connectivity index (χ2n) is 6.87. The number of amides is 2. The van der Waals surface area contributed by atoms with Gasteiger partial charge in [0.2, 0.25) is 11.8 Å². The molecule has 26 heavy (non-hydrogen) atoms. The average Bonchev–Trinajstić information content (AvgIpc) is 2.59. The first-order valence-corrected chi connectivity index (χ1v) is 9.34. The first kappa shape index (κ1) is 20.1. The van der Waals surface area contributed by atoms with Crippen LogP contribution >= 0.6 is 0 Å². The van der Waals surface area contributed by atoms with Crippen LogP contribution in [0.3, 0.4) is 0 Å². The highest BCUT2D eigenvalue weighted by atomic mass is 16.5. The van der Waals surface area contributed by atoms with Crippen molar-refractivity contribution in [2.75, 3.05) is 19.8 Å². The molecule has 1 atom stereocenters. The minimum absolute atomic E-state index is 0.0344. The van der Waals surface area contributed by atoms with E-state index in [0.29, 0.717) is 32.1 Å². The van der Waals surface area contributed by atoms with Crippen molar-refractivity contribution in [2.45, 2.75) is 53.6 Å². The normalized spacial score (nSPS) is 14.6. The summed E-state index contributed by atoms with van der Waals surface area (Å²) in [7, 11) is 0. The van der Waals surface area contributed by atoms with E-state index in [2.05, 4.69) is 5.32 Å². The smallest absolute Gasteiger partial charge is 0.245 e. The number of nitrogens with zero attached hydrogens (tertiary/aromatic N) is 1. The van der Waals surface area contributed by atoms with E-state index in [-0.39, 0.29) is 17.7 Å². The largest absolute Gasteiger partial charge is 0.490 e. The van der Waals surface area contributed by atoms with Gasteiger partial charge in [0.15, 0.2) is 11.5 Å². The predicted octanol–water partition coefficient (Wildman–Crippen LogP) is 2.53. The molecule has 144 valence electrons. The molecule has 0 saturated carbocycles. The standard InChI is InChI=1S/C20H30N2O4/c1-6-25-17-10-15-8-9-22(12-16(15)11-18(17)26-7-2)20(24)19(13(3)4)21-14(5)23/h10-11,13,19H,6-9,12H2,1-5H3,(H,21,23)/t19-/m1/s1. The Morgan fingerprint density at radius 3 is 2.19 bits per heavy atom. The number of carbonyl (C=O) groups is 2. The lowest BCUT2D eigenvalue weighted by atomic mass is 9.96. The molecule has 1 heterocycles. The van der Waals surface area contributed by atoms with Crippen molar-refractivity contribution in [1.29, 1.82) is 0 Å². The molecule has 1 N–H and O–H groups in total. The number of hydrogen-bond donors (Lipinski definition) is 1. The Morgan fingerprint density at radius 1 is 1.12 bits per heavy atom. The van der Waals surface area contributed by atoms with E-state index < -0.39 is 6.04 Å². The molecule has 0 aromatic heterocycles. The first-order valence-electron chi connectivity index (χ1n) is 9.34. The van der Waals surface area contributed by atoms with E-state index in [9.17, 15) is 9.59 Å². The zero-order chi connectivity index (χ0) is 19.3. The summed E-state index contributed by atoms with van der Waals surface area (Å²) in [6.07, 6.45) is 0.762. The summed E-state index contributed by atoms with van der Waals surface area (Å²) in [6.45, 7) is 11.5. The molecule has 0 aliphatic carbocycles. The van der Waals surface area contributed by atoms with Crippen molar-refractivity contribution in [3.8, 4) is 11.5 Å². The Morgan fingerprint density at radius 2 is 1.69 bits per heavy atom. The molecule has 2 rings (SSSR count). The molecular weight excluding hydrogens is 332 g/mol. The van der Waals surface area contributed by atoms with Gasteiger partial charge in [-0.05, 0) is 49.4 Å². The highest BCUT2D eigenvalue weighted by Gasteiger charge is 2.30. The maximum absolute atomic E-state index is 12.9. The van der Waals surface area contributed by atoms with Crippen molar-refractivity contribution < 1.29 is 19.1 Å². The molecule has 0 saturated heterocycles. The van der Waals surface area contributed by atoms with Crippen LogP contribution in [0.5, 0.6) is 11.5 Å². The zero-order valence-corrected chi connectivity index (χ0v) is 16.4. The molecule has 1 aliphatic heterocycles. The van der Waals surface area contributed by atoms with Crippen molar-refractivity contribution in [3.63, 3.8) is 0 Å². The van der Waals surface area contributed by atoms with Crippen LogP contribution in [0, 0.1) is 5.92 Å². The van der Waals surface area contributed by atoms with Gasteiger partial charge in [-0.3, -0.25) is 9.59 Å². The molecule has 0 bridgehead atoms. The zero-order valence-electron chi connectivity index (χ0n) is 16.4. The van der Waals surface area contributed by atoms with E-state index in [1.807, 2.05) is 44.7 Å². The second-order valence-corrected chi connectivity index (χ2v) is 6.87. The summed E-state index contributed by atoms with van der Waals surface area (Å²) in [5, 5.41) is 2.78. The van der Waals surface area contributed by atoms with E-state index in [1.54, 1.807) is 0 Å². The van der Waals surface area contributed by atoms with Crippen molar-refractivity contribution in [1.82, 2.24) is 10.2 Å². The Bertz CT molecular complexity index is 657. The van der Waals surface area contributed by atoms with Crippen LogP contribution in [0.25, 0.3) is 0 Å². The molecule has 0 radical (unpaired) electrons. The van der Waals surface area contributed by atoms with Gasteiger partial charge in [-0.2, -0.15) is 0 Å². The number of nitrogens with one attached hydrogen (secondary N) is 1. The Balaban J connectivity index is 2.23. The fourth-order valence-electron chi connectivity index (χ4n) is 3.22. The van der Waals surface area contributed by atoms with Gasteiger partial charge in [0, 0.05) is 20.0 Å². The highest BCUT2D eigenvalue weighted by Crippen LogP contribution is 2.34. The van der Waals surface area contributed by atoms with Crippen LogP contribution in [0.15, 0.2) is 12.1 Å². The number of benzene rings is 1. The fraction of sp³-hybridized carbons (Fsp3) is 0.600. The summed E-state index contributed by atoms with van der Waals surface area (Å²) in [5.41, 5.74) is 2.25. The Labute approximate surface area is 155 Å². The average molecular weight is 362 g/mol. The Hall–Kier alpha value is -2.24. The van der Waals surface area contributed by atoms with E-state index in [1.165, 1.54) is 12.5 Å². The lowest BCUT2D eigenvalue weighted by molar-refractivity contribution is -0.138. The van der Waals surface area contributed by atoms with Crippen LogP contribution < -0.4 is 14.8 Å². The van der Waals surface area contributed by atoms with E-state index in [0.717, 1.165) is 17.7 Å². The number of hydrogen-bond acceptors (Lipinski definition) is 4. The van der Waals surface area contributed by atoms with Gasteiger partial charge in [0.1, 0.15) is 6.04 Å². The van der Waals surface area contributed by atoms with E-state index >= 15 is 0 Å². The summed E-state index contributed by atoms with van der Waals surface area (Å²) in [5.74, 6) is 1.28. The third-order valence-electron chi connectivity index (χ3n) is 4.48. The van der Waals surface area contributed by atoms with Crippen LogP contribution in [0.2, 0.25) is 0 Å². The number of carbonyl (C=O) groups excluding carboxylic acids is 2. The Kier molecular flexibility index (Phi) is 6.89. The van der Waals surface area contributed by atoms with Gasteiger partial charge < -0.3 is 19.7 Å². The minimum atomic E-state index is -0.497. The second kappa shape index (κ2) is 8.92. The van der Waals surface area contributed by atoms with Crippen LogP contribution in [0.1, 0.15) is 45.7 Å². The number of fused-ring (bicyclic) bond motifs is 1. The lowest BCUT2D eigenvalue weighted by Gasteiger charge is -2.33. The molecular formula is C20H30N2O4. The molecule has 1 aromatic carbocycles. The topological polar surface area (TPSA) is 67.9 Å². The monoisotopic (exact) mass is 362 g/mol. The maximum Gasteiger partial charge on any atom is 0.245 e. The summed E-state index contributed by atoms with van der Waals surface area (Å²) in [4.78, 5) is 26.2. The lowest BCUT2D eigenvalue weighted by Crippen LogP contribution is -2.51. The molecule has 1 aliphatic rings. The molecule has 0 spiro atoms. The van der Waals surface area contributed by atoms with Gasteiger partial charge >= 0.3 is 0 Å². The highest BCUT2D eigenvalue weighted by molar-refractivity contribution is 5.87. The minimum Gasteiger partial charge on any atom is -0.490 e. The van der Waals surface area contributed by atoms with Gasteiger partial charge in [0.25, 0.3) is 0 Å². The van der Waals surface area contributed by atoms with Crippen LogP contribution in [-0.4, -0.2) is 42.5 Å². The molecule has 0 fully saturated rings. The van der Waals surface area contributed by atoms with Gasteiger partial charge in [-0.1, -0.05) is 13.8 Å². The number of ether oxygens (including phenoxy) is 2. The molecule has 2 amide bonds. The predicted molar refractivity (Wildman–Crippen MR) is 100 cm³/mol. The summed E-state index contributed by atoms with van der Waals surface area (Å²) < 4.78 is 11.4. The molecule has 0 unspecified atom stereocenters. The first-order chi connectivity index (χ1) is 12.4. The van der Waals surface area contributed by atoms with Crippen LogP contribution in [0.4, 0.5) is 0 Å². The van der Waals surface area contributed by atoms with E-state index in [4.69, 9.17) is 9.47 Å². The molecule has 6 heteroatoms. The number of rotatable bonds is 7. The third-order valence-corrected chi connectivity index (χ3v) is 4.48. The van der Waals surface area contributed by atoms with Crippen molar-refractivity contribution in [3.05, 3.63) is 23.3 Å². The van der Waals surface area contributed by atoms with Gasteiger partial charge in [0.05, 0.1) is 13.2 Å². The fourth-order valence-corrected chi connectivity index (χ4v) is 3.22. The van der Waals surface area contributed by atoms with Gasteiger partial charge in [-0.15, -0.1) is 0 Å². The maximum atomic E-state index is 12.9. The molecule has 6 nitrogen and oxygen atoms in total. The quantitative estimate of drug-likeness (QED) is 0.809. The molecule has 1 aromatic rings. The van der Waals surface area contributed by atoms with Crippen LogP contribution in [-0.2, 0) is 22.6 Å². The SMILES string of the molecule is CCOc1cc2c(cc1OCC)CN(C(=O)[C@H](NC(C)=O)C(C)C)CC2. The van der Waals surface area contributed by atoms with Crippen molar-refractivity contribution >= 4 is 11.8 Å². The van der Waals surface area contributed by atoms with Gasteiger partial charge in [-0.25, -0.2) is 0 Å². The third kappa shape index (κ3) is 4.68.